The summed E-state index contributed by atoms with van der Waals surface area (Å²) in [5.41, 5.74) is 1.85. The Morgan fingerprint density at radius 2 is 1.79 bits per heavy atom. The van der Waals surface area contributed by atoms with Crippen molar-refractivity contribution in [3.63, 3.8) is 0 Å². The van der Waals surface area contributed by atoms with Crippen molar-refractivity contribution in [3.05, 3.63) is 84.0 Å². The lowest BCUT2D eigenvalue weighted by Crippen LogP contribution is -2.14. The lowest BCUT2D eigenvalue weighted by Gasteiger charge is -2.07. The van der Waals surface area contributed by atoms with E-state index in [2.05, 4.69) is 20.4 Å². The fraction of sp³-hybridized carbons (Fsp3) is 0. The molecule has 29 heavy (non-hydrogen) atoms. The van der Waals surface area contributed by atoms with Crippen molar-refractivity contribution < 1.29 is 9.32 Å². The van der Waals surface area contributed by atoms with E-state index in [-0.39, 0.29) is 5.91 Å². The summed E-state index contributed by atoms with van der Waals surface area (Å²) in [5, 5.41) is 10.6. The molecular formula is C22H14N4O2S. The number of fused-ring (bicyclic) bond motifs is 1. The van der Waals surface area contributed by atoms with Crippen molar-refractivity contribution in [2.24, 2.45) is 0 Å². The topological polar surface area (TPSA) is 80.9 Å². The third-order valence-electron chi connectivity index (χ3n) is 4.45. The first-order valence-electron chi connectivity index (χ1n) is 8.92. The average molecular weight is 398 g/mol. The Morgan fingerprint density at radius 1 is 0.966 bits per heavy atom. The molecule has 0 unspecified atom stereocenters. The SMILES string of the molecule is O=C(Nc1ccsc1-c1nc(-c2ccccc2)no1)c1nccc2ccccc12. The minimum Gasteiger partial charge on any atom is -0.333 e. The Hall–Kier alpha value is -3.84. The van der Waals surface area contributed by atoms with Gasteiger partial charge >= 0.3 is 0 Å². The van der Waals surface area contributed by atoms with E-state index in [0.717, 1.165) is 16.3 Å². The zero-order valence-electron chi connectivity index (χ0n) is 15.1. The van der Waals surface area contributed by atoms with Crippen LogP contribution < -0.4 is 5.32 Å². The van der Waals surface area contributed by atoms with E-state index in [1.807, 2.05) is 72.1 Å². The molecule has 0 atom stereocenters. The summed E-state index contributed by atoms with van der Waals surface area (Å²) < 4.78 is 5.44. The molecule has 1 amide bonds. The Labute approximate surface area is 169 Å². The molecule has 0 spiro atoms. The van der Waals surface area contributed by atoms with E-state index in [1.54, 1.807) is 6.20 Å². The van der Waals surface area contributed by atoms with E-state index in [4.69, 9.17) is 4.52 Å². The number of benzene rings is 2. The molecule has 3 aromatic heterocycles. The van der Waals surface area contributed by atoms with Gasteiger partial charge in [0.15, 0.2) is 0 Å². The molecule has 0 aliphatic carbocycles. The Balaban J connectivity index is 1.45. The monoisotopic (exact) mass is 398 g/mol. The summed E-state index contributed by atoms with van der Waals surface area (Å²) in [4.78, 5) is 22.4. The summed E-state index contributed by atoms with van der Waals surface area (Å²) >= 11 is 1.42. The fourth-order valence-corrected chi connectivity index (χ4v) is 3.85. The van der Waals surface area contributed by atoms with Crippen LogP contribution in [0.5, 0.6) is 0 Å². The molecule has 1 N–H and O–H groups in total. The molecule has 5 aromatic rings. The van der Waals surface area contributed by atoms with Gasteiger partial charge in [0.2, 0.25) is 5.82 Å². The predicted molar refractivity (Wildman–Crippen MR) is 113 cm³/mol. The molecule has 140 valence electrons. The molecule has 3 heterocycles. The molecule has 0 saturated carbocycles. The zero-order valence-corrected chi connectivity index (χ0v) is 15.9. The van der Waals surface area contributed by atoms with E-state index in [9.17, 15) is 4.79 Å². The molecule has 7 heteroatoms. The van der Waals surface area contributed by atoms with Gasteiger partial charge in [-0.1, -0.05) is 59.8 Å². The highest BCUT2D eigenvalue weighted by molar-refractivity contribution is 7.14. The van der Waals surface area contributed by atoms with Gasteiger partial charge in [-0.05, 0) is 22.9 Å². The number of hydrogen-bond donors (Lipinski definition) is 1. The van der Waals surface area contributed by atoms with Crippen LogP contribution in [0.15, 0.2) is 82.8 Å². The van der Waals surface area contributed by atoms with E-state index >= 15 is 0 Å². The van der Waals surface area contributed by atoms with Gasteiger partial charge in [-0.3, -0.25) is 9.78 Å². The minimum absolute atomic E-state index is 0.288. The van der Waals surface area contributed by atoms with Gasteiger partial charge in [-0.15, -0.1) is 11.3 Å². The molecule has 0 radical (unpaired) electrons. The van der Waals surface area contributed by atoms with Gasteiger partial charge in [0.1, 0.15) is 10.6 Å². The fourth-order valence-electron chi connectivity index (χ4n) is 3.08. The second kappa shape index (κ2) is 7.29. The highest BCUT2D eigenvalue weighted by Gasteiger charge is 2.19. The molecule has 6 nitrogen and oxygen atoms in total. The van der Waals surface area contributed by atoms with E-state index in [1.165, 1.54) is 11.3 Å². The first-order valence-corrected chi connectivity index (χ1v) is 9.79. The van der Waals surface area contributed by atoms with Crippen LogP contribution in [0.3, 0.4) is 0 Å². The van der Waals surface area contributed by atoms with Gasteiger partial charge in [0.05, 0.1) is 5.69 Å². The lowest BCUT2D eigenvalue weighted by molar-refractivity contribution is 0.102. The van der Waals surface area contributed by atoms with Crippen LogP contribution in [-0.2, 0) is 0 Å². The smallest absolute Gasteiger partial charge is 0.274 e. The van der Waals surface area contributed by atoms with Crippen LogP contribution in [0.4, 0.5) is 5.69 Å². The Morgan fingerprint density at radius 3 is 2.69 bits per heavy atom. The van der Waals surface area contributed by atoms with Gasteiger partial charge in [0, 0.05) is 17.1 Å². The van der Waals surface area contributed by atoms with Crippen molar-refractivity contribution >= 4 is 33.7 Å². The number of amides is 1. The number of carbonyl (C=O) groups excluding carboxylic acids is 1. The van der Waals surface area contributed by atoms with E-state index in [0.29, 0.717) is 28.0 Å². The highest BCUT2D eigenvalue weighted by Crippen LogP contribution is 2.34. The number of anilines is 1. The van der Waals surface area contributed by atoms with Crippen molar-refractivity contribution in [1.82, 2.24) is 15.1 Å². The quantitative estimate of drug-likeness (QED) is 0.446. The minimum atomic E-state index is -0.288. The normalized spacial score (nSPS) is 10.9. The summed E-state index contributed by atoms with van der Waals surface area (Å²) in [6.45, 7) is 0. The van der Waals surface area contributed by atoms with Crippen LogP contribution in [0.1, 0.15) is 10.5 Å². The van der Waals surface area contributed by atoms with Crippen LogP contribution >= 0.6 is 11.3 Å². The molecule has 0 saturated heterocycles. The molecule has 0 fully saturated rings. The largest absolute Gasteiger partial charge is 0.333 e. The van der Waals surface area contributed by atoms with Gasteiger partial charge in [-0.25, -0.2) is 0 Å². The Kier molecular flexibility index (Phi) is 4.34. The van der Waals surface area contributed by atoms with Crippen molar-refractivity contribution in [1.29, 1.82) is 0 Å². The first kappa shape index (κ1) is 17.3. The molecule has 0 bridgehead atoms. The zero-order chi connectivity index (χ0) is 19.6. The van der Waals surface area contributed by atoms with Crippen LogP contribution in [0.25, 0.3) is 32.9 Å². The highest BCUT2D eigenvalue weighted by atomic mass is 32.1. The van der Waals surface area contributed by atoms with Crippen LogP contribution in [-0.4, -0.2) is 21.0 Å². The third-order valence-corrected chi connectivity index (χ3v) is 5.36. The number of carbonyl (C=O) groups is 1. The summed E-state index contributed by atoms with van der Waals surface area (Å²) in [6.07, 6.45) is 1.63. The van der Waals surface area contributed by atoms with Crippen LogP contribution in [0.2, 0.25) is 0 Å². The van der Waals surface area contributed by atoms with Gasteiger partial charge in [0.25, 0.3) is 11.8 Å². The second-order valence-corrected chi connectivity index (χ2v) is 7.20. The number of nitrogens with zero attached hydrogens (tertiary/aromatic N) is 3. The van der Waals surface area contributed by atoms with Gasteiger partial charge in [-0.2, -0.15) is 4.98 Å². The molecule has 0 aliphatic heterocycles. The van der Waals surface area contributed by atoms with Crippen molar-refractivity contribution in [3.8, 4) is 22.2 Å². The number of rotatable bonds is 4. The number of pyridine rings is 1. The maximum Gasteiger partial charge on any atom is 0.274 e. The maximum absolute atomic E-state index is 12.9. The number of thiophene rings is 1. The number of hydrogen-bond acceptors (Lipinski definition) is 6. The van der Waals surface area contributed by atoms with Gasteiger partial charge < -0.3 is 9.84 Å². The second-order valence-electron chi connectivity index (χ2n) is 6.29. The number of aromatic nitrogens is 3. The average Bonchev–Trinajstić information content (AvgIpc) is 3.43. The van der Waals surface area contributed by atoms with Crippen molar-refractivity contribution in [2.75, 3.05) is 5.32 Å². The summed E-state index contributed by atoms with van der Waals surface area (Å²) in [5.74, 6) is 0.575. The maximum atomic E-state index is 12.9. The van der Waals surface area contributed by atoms with Crippen LogP contribution in [0, 0.1) is 0 Å². The lowest BCUT2D eigenvalue weighted by atomic mass is 10.1. The Bertz CT molecular complexity index is 1310. The molecular weight excluding hydrogens is 384 g/mol. The predicted octanol–water partition coefficient (Wildman–Crippen LogP) is 5.27. The molecule has 0 aliphatic rings. The van der Waals surface area contributed by atoms with E-state index < -0.39 is 0 Å². The third kappa shape index (κ3) is 3.28. The summed E-state index contributed by atoms with van der Waals surface area (Å²) in [6, 6.07) is 20.9. The van der Waals surface area contributed by atoms with Crippen molar-refractivity contribution in [2.45, 2.75) is 0 Å². The standard InChI is InChI=1S/C22H14N4O2S/c27-21(18-16-9-5-4-6-14(16)10-12-23-18)24-17-11-13-29-19(17)22-25-20(26-28-22)15-7-2-1-3-8-15/h1-13H,(H,24,27). The molecule has 5 rings (SSSR count). The first-order chi connectivity index (χ1) is 14.3. The summed E-state index contributed by atoms with van der Waals surface area (Å²) in [7, 11) is 0. The number of nitrogens with one attached hydrogen (secondary N) is 1. The molecule has 2 aromatic carbocycles.